The molecule has 1 aromatic heterocycles. The Bertz CT molecular complexity index is 847. The molecule has 1 amide bonds. The fraction of sp³-hybridized carbons (Fsp3) is 0.353. The molecule has 1 aliphatic rings. The highest BCUT2D eigenvalue weighted by Gasteiger charge is 2.24. The highest BCUT2D eigenvalue weighted by atomic mass is 32.2. The molecule has 2 aromatic rings. The highest BCUT2D eigenvalue weighted by Crippen LogP contribution is 2.26. The summed E-state index contributed by atoms with van der Waals surface area (Å²) in [7, 11) is -2.24. The van der Waals surface area contributed by atoms with Crippen LogP contribution < -0.4 is 10.2 Å². The lowest BCUT2D eigenvalue weighted by Crippen LogP contribution is -2.37. The van der Waals surface area contributed by atoms with Crippen molar-refractivity contribution in [1.29, 1.82) is 0 Å². The zero-order valence-electron chi connectivity index (χ0n) is 14.4. The maximum atomic E-state index is 12.4. The van der Waals surface area contributed by atoms with Gasteiger partial charge in [-0.2, -0.15) is 4.31 Å². The number of morpholine rings is 1. The largest absolute Gasteiger partial charge is 0.378 e. The van der Waals surface area contributed by atoms with Crippen LogP contribution in [0.15, 0.2) is 46.0 Å². The number of hydrogen-bond donors (Lipinski definition) is 1. The van der Waals surface area contributed by atoms with Crippen LogP contribution in [0.4, 0.5) is 11.4 Å². The monoisotopic (exact) mass is 395 g/mol. The van der Waals surface area contributed by atoms with Crippen molar-refractivity contribution in [3.8, 4) is 0 Å². The summed E-state index contributed by atoms with van der Waals surface area (Å²) >= 11 is 1.13. The van der Waals surface area contributed by atoms with Crippen LogP contribution in [0.5, 0.6) is 0 Å². The van der Waals surface area contributed by atoms with Crippen LogP contribution in [0.1, 0.15) is 0 Å². The molecule has 26 heavy (non-hydrogen) atoms. The Morgan fingerprint density at radius 3 is 2.65 bits per heavy atom. The second-order valence-electron chi connectivity index (χ2n) is 5.86. The van der Waals surface area contributed by atoms with E-state index in [1.54, 1.807) is 11.4 Å². The lowest BCUT2D eigenvalue weighted by atomic mass is 10.2. The van der Waals surface area contributed by atoms with Gasteiger partial charge in [0.1, 0.15) is 4.21 Å². The molecule has 0 aliphatic carbocycles. The molecular formula is C17H21N3O4S2. The van der Waals surface area contributed by atoms with Gasteiger partial charge in [0.05, 0.1) is 31.1 Å². The van der Waals surface area contributed by atoms with Crippen LogP contribution in [0, 0.1) is 0 Å². The molecule has 1 saturated heterocycles. The van der Waals surface area contributed by atoms with E-state index in [9.17, 15) is 13.2 Å². The molecule has 9 heteroatoms. The first-order chi connectivity index (χ1) is 12.5. The smallest absolute Gasteiger partial charge is 0.252 e. The molecule has 1 aromatic carbocycles. The number of hydrogen-bond acceptors (Lipinski definition) is 6. The van der Waals surface area contributed by atoms with Gasteiger partial charge in [-0.1, -0.05) is 18.2 Å². The van der Waals surface area contributed by atoms with E-state index in [-0.39, 0.29) is 16.7 Å². The summed E-state index contributed by atoms with van der Waals surface area (Å²) in [6.45, 7) is 2.53. The minimum atomic E-state index is -3.65. The van der Waals surface area contributed by atoms with Crippen molar-refractivity contribution in [1.82, 2.24) is 4.31 Å². The second kappa shape index (κ2) is 8.17. The number of nitrogens with one attached hydrogen (secondary N) is 1. The molecule has 1 aliphatic heterocycles. The van der Waals surface area contributed by atoms with Crippen LogP contribution in [-0.2, 0) is 19.6 Å². The first-order valence-corrected chi connectivity index (χ1v) is 10.5. The Morgan fingerprint density at radius 2 is 1.96 bits per heavy atom. The Kier molecular flexibility index (Phi) is 5.92. The van der Waals surface area contributed by atoms with Crippen molar-refractivity contribution in [2.45, 2.75) is 4.21 Å². The van der Waals surface area contributed by atoms with E-state index in [1.165, 1.54) is 13.1 Å². The molecule has 3 rings (SSSR count). The molecule has 0 saturated carbocycles. The van der Waals surface area contributed by atoms with Gasteiger partial charge in [0.2, 0.25) is 5.91 Å². The van der Waals surface area contributed by atoms with E-state index in [1.807, 2.05) is 24.3 Å². The quantitative estimate of drug-likeness (QED) is 0.808. The molecule has 1 fully saturated rings. The van der Waals surface area contributed by atoms with Crippen molar-refractivity contribution in [3.63, 3.8) is 0 Å². The Labute approximate surface area is 157 Å². The van der Waals surface area contributed by atoms with E-state index >= 15 is 0 Å². The van der Waals surface area contributed by atoms with Gasteiger partial charge >= 0.3 is 0 Å². The standard InChI is InChI=1S/C17H21N3O4S2/c1-19(26(22,23)17-7-4-12-25-17)13-16(21)18-14-5-2-3-6-15(14)20-8-10-24-11-9-20/h2-7,12H,8-11,13H2,1H3,(H,18,21). The van der Waals surface area contributed by atoms with Gasteiger partial charge in [-0.3, -0.25) is 4.79 Å². The van der Waals surface area contributed by atoms with E-state index in [4.69, 9.17) is 4.74 Å². The Balaban J connectivity index is 1.69. The summed E-state index contributed by atoms with van der Waals surface area (Å²) in [5, 5.41) is 4.53. The number of nitrogens with zero attached hydrogens (tertiary/aromatic N) is 2. The molecule has 0 spiro atoms. The lowest BCUT2D eigenvalue weighted by molar-refractivity contribution is -0.116. The molecule has 7 nitrogen and oxygen atoms in total. The number of ether oxygens (including phenoxy) is 1. The maximum absolute atomic E-state index is 12.4. The van der Waals surface area contributed by atoms with Gasteiger partial charge in [-0.15, -0.1) is 11.3 Å². The van der Waals surface area contributed by atoms with Gasteiger partial charge in [0.15, 0.2) is 0 Å². The van der Waals surface area contributed by atoms with Gasteiger partial charge < -0.3 is 15.0 Å². The lowest BCUT2D eigenvalue weighted by Gasteiger charge is -2.30. The normalized spacial score (nSPS) is 15.2. The predicted octanol–water partition coefficient (Wildman–Crippen LogP) is 1.84. The van der Waals surface area contributed by atoms with Crippen molar-refractivity contribution >= 4 is 38.6 Å². The van der Waals surface area contributed by atoms with Gasteiger partial charge in [-0.25, -0.2) is 8.42 Å². The number of carbonyl (C=O) groups is 1. The Morgan fingerprint density at radius 1 is 1.23 bits per heavy atom. The minimum absolute atomic E-state index is 0.224. The predicted molar refractivity (Wildman–Crippen MR) is 102 cm³/mol. The fourth-order valence-electron chi connectivity index (χ4n) is 2.70. The summed E-state index contributed by atoms with van der Waals surface area (Å²) in [5.41, 5.74) is 1.58. The molecular weight excluding hydrogens is 374 g/mol. The number of anilines is 2. The number of carbonyl (C=O) groups excluding carboxylic acids is 1. The zero-order valence-corrected chi connectivity index (χ0v) is 16.1. The van der Waals surface area contributed by atoms with Crippen molar-refractivity contribution in [3.05, 3.63) is 41.8 Å². The summed E-state index contributed by atoms with van der Waals surface area (Å²) in [6, 6.07) is 10.7. The average Bonchev–Trinajstić information content (AvgIpc) is 3.18. The molecule has 0 radical (unpaired) electrons. The van der Waals surface area contributed by atoms with Crippen LogP contribution in [-0.4, -0.2) is 58.5 Å². The number of benzene rings is 1. The molecule has 2 heterocycles. The number of amides is 1. The minimum Gasteiger partial charge on any atom is -0.378 e. The molecule has 0 bridgehead atoms. The molecule has 1 N–H and O–H groups in total. The number of thiophene rings is 1. The molecule has 0 unspecified atom stereocenters. The third-order valence-corrected chi connectivity index (χ3v) is 7.23. The van der Waals surface area contributed by atoms with E-state index in [0.29, 0.717) is 18.9 Å². The maximum Gasteiger partial charge on any atom is 0.252 e. The van der Waals surface area contributed by atoms with Crippen LogP contribution >= 0.6 is 11.3 Å². The number of sulfonamides is 1. The SMILES string of the molecule is CN(CC(=O)Nc1ccccc1N1CCOCC1)S(=O)(=O)c1cccs1. The van der Waals surface area contributed by atoms with Crippen molar-refractivity contribution in [2.24, 2.45) is 0 Å². The summed E-state index contributed by atoms with van der Waals surface area (Å²) in [6.07, 6.45) is 0. The van der Waals surface area contributed by atoms with Crippen molar-refractivity contribution < 1.29 is 17.9 Å². The van der Waals surface area contributed by atoms with Crippen LogP contribution in [0.2, 0.25) is 0 Å². The van der Waals surface area contributed by atoms with Crippen LogP contribution in [0.25, 0.3) is 0 Å². The van der Waals surface area contributed by atoms with Gasteiger partial charge in [0, 0.05) is 20.1 Å². The third kappa shape index (κ3) is 4.24. The van der Waals surface area contributed by atoms with E-state index < -0.39 is 10.0 Å². The topological polar surface area (TPSA) is 79.0 Å². The highest BCUT2D eigenvalue weighted by molar-refractivity contribution is 7.91. The van der Waals surface area contributed by atoms with Gasteiger partial charge in [0.25, 0.3) is 10.0 Å². The molecule has 0 atom stereocenters. The second-order valence-corrected chi connectivity index (χ2v) is 9.08. The first kappa shape index (κ1) is 18.8. The van der Waals surface area contributed by atoms with Crippen molar-refractivity contribution in [2.75, 3.05) is 50.1 Å². The Hall–Kier alpha value is -1.94. The van der Waals surface area contributed by atoms with E-state index in [0.717, 1.165) is 34.4 Å². The van der Waals surface area contributed by atoms with Crippen LogP contribution in [0.3, 0.4) is 0 Å². The average molecular weight is 396 g/mol. The fourth-order valence-corrected chi connectivity index (χ4v) is 5.03. The first-order valence-electron chi connectivity index (χ1n) is 8.20. The summed E-state index contributed by atoms with van der Waals surface area (Å²) < 4.78 is 31.5. The third-order valence-electron chi connectivity index (χ3n) is 4.06. The zero-order chi connectivity index (χ0) is 18.6. The van der Waals surface area contributed by atoms with E-state index in [2.05, 4.69) is 10.2 Å². The summed E-state index contributed by atoms with van der Waals surface area (Å²) in [4.78, 5) is 14.6. The number of likely N-dealkylation sites (N-methyl/N-ethyl adjacent to an activating group) is 1. The number of rotatable bonds is 6. The summed E-state index contributed by atoms with van der Waals surface area (Å²) in [5.74, 6) is -0.381. The molecule has 140 valence electrons. The van der Waals surface area contributed by atoms with Gasteiger partial charge in [-0.05, 0) is 23.6 Å². The number of para-hydroxylation sites is 2.